The van der Waals surface area contributed by atoms with Crippen molar-refractivity contribution in [1.29, 1.82) is 0 Å². The molecule has 0 aromatic heterocycles. The van der Waals surface area contributed by atoms with Crippen LogP contribution in [0.2, 0.25) is 0 Å². The molecule has 0 aliphatic heterocycles. The summed E-state index contributed by atoms with van der Waals surface area (Å²) in [4.78, 5) is 29.8. The van der Waals surface area contributed by atoms with E-state index in [1.807, 2.05) is 54.0 Å². The average molecular weight is 381 g/mol. The number of carbonyl (C=O) groups excluding carboxylic acids is 2. The van der Waals surface area contributed by atoms with Crippen molar-refractivity contribution in [2.45, 2.75) is 53.1 Å². The number of rotatable bonds is 9. The first-order valence-electron chi connectivity index (χ1n) is 10.2. The molecule has 2 amide bonds. The van der Waals surface area contributed by atoms with Crippen LogP contribution in [0.25, 0.3) is 0 Å². The van der Waals surface area contributed by atoms with Crippen LogP contribution in [0.1, 0.15) is 66.8 Å². The zero-order chi connectivity index (χ0) is 20.5. The van der Waals surface area contributed by atoms with Gasteiger partial charge in [0, 0.05) is 36.8 Å². The van der Waals surface area contributed by atoms with Crippen molar-refractivity contribution in [3.05, 3.63) is 71.3 Å². The fourth-order valence-corrected chi connectivity index (χ4v) is 3.26. The maximum absolute atomic E-state index is 13.2. The summed E-state index contributed by atoms with van der Waals surface area (Å²) >= 11 is 0. The fraction of sp³-hybridized carbons (Fsp3) is 0.417. The van der Waals surface area contributed by atoms with E-state index in [9.17, 15) is 9.59 Å². The molecule has 0 unspecified atom stereocenters. The smallest absolute Gasteiger partial charge is 0.254 e. The van der Waals surface area contributed by atoms with Crippen LogP contribution in [-0.2, 0) is 6.54 Å². The molecule has 0 radical (unpaired) electrons. The van der Waals surface area contributed by atoms with Gasteiger partial charge in [-0.15, -0.1) is 0 Å². The van der Waals surface area contributed by atoms with Crippen LogP contribution in [0.4, 0.5) is 0 Å². The van der Waals surface area contributed by atoms with E-state index in [0.717, 1.165) is 31.5 Å². The lowest BCUT2D eigenvalue weighted by atomic mass is 10.1. The second kappa shape index (κ2) is 10.6. The highest BCUT2D eigenvalue weighted by molar-refractivity contribution is 5.99. The molecule has 0 atom stereocenters. The van der Waals surface area contributed by atoms with Gasteiger partial charge >= 0.3 is 0 Å². The number of amides is 2. The Morgan fingerprint density at radius 2 is 1.39 bits per heavy atom. The maximum atomic E-state index is 13.2. The summed E-state index contributed by atoms with van der Waals surface area (Å²) in [5.74, 6) is -0.0523. The molecule has 2 aromatic rings. The van der Waals surface area contributed by atoms with Gasteiger partial charge in [0.1, 0.15) is 0 Å². The van der Waals surface area contributed by atoms with Gasteiger partial charge in [0.05, 0.1) is 0 Å². The molecule has 0 spiro atoms. The Labute approximate surface area is 169 Å². The van der Waals surface area contributed by atoms with E-state index in [-0.39, 0.29) is 17.9 Å². The number of nitrogens with zero attached hydrogens (tertiary/aromatic N) is 2. The lowest BCUT2D eigenvalue weighted by Crippen LogP contribution is -2.36. The highest BCUT2D eigenvalue weighted by atomic mass is 16.2. The van der Waals surface area contributed by atoms with Crippen molar-refractivity contribution in [3.63, 3.8) is 0 Å². The van der Waals surface area contributed by atoms with Gasteiger partial charge in [0.25, 0.3) is 11.8 Å². The van der Waals surface area contributed by atoms with Crippen LogP contribution in [-0.4, -0.2) is 40.7 Å². The molecule has 0 bridgehead atoms. The van der Waals surface area contributed by atoms with Crippen molar-refractivity contribution in [2.75, 3.05) is 13.1 Å². The molecule has 2 rings (SSSR count). The van der Waals surface area contributed by atoms with Crippen LogP contribution in [0.15, 0.2) is 54.6 Å². The Morgan fingerprint density at radius 1 is 0.821 bits per heavy atom. The van der Waals surface area contributed by atoms with Gasteiger partial charge in [-0.25, -0.2) is 0 Å². The predicted octanol–water partition coefficient (Wildman–Crippen LogP) is 5.00. The minimum absolute atomic E-state index is 0.00231. The SMILES string of the molecule is CCCN(CCC)C(=O)c1cccc(C(=O)N(Cc2ccccc2)C(C)C)c1. The third-order valence-corrected chi connectivity index (χ3v) is 4.71. The Kier molecular flexibility index (Phi) is 8.24. The van der Waals surface area contributed by atoms with Crippen molar-refractivity contribution < 1.29 is 9.59 Å². The first-order valence-corrected chi connectivity index (χ1v) is 10.2. The van der Waals surface area contributed by atoms with Gasteiger partial charge in [-0.05, 0) is 50.5 Å². The van der Waals surface area contributed by atoms with Crippen molar-refractivity contribution in [1.82, 2.24) is 9.80 Å². The van der Waals surface area contributed by atoms with Crippen molar-refractivity contribution in [3.8, 4) is 0 Å². The van der Waals surface area contributed by atoms with Crippen molar-refractivity contribution in [2.24, 2.45) is 0 Å². The van der Waals surface area contributed by atoms with E-state index < -0.39 is 0 Å². The molecule has 0 aliphatic rings. The zero-order valence-electron chi connectivity index (χ0n) is 17.5. The van der Waals surface area contributed by atoms with Gasteiger partial charge in [0.15, 0.2) is 0 Å². The summed E-state index contributed by atoms with van der Waals surface area (Å²) in [7, 11) is 0. The molecule has 2 aromatic carbocycles. The molecular formula is C24H32N2O2. The second-order valence-electron chi connectivity index (χ2n) is 7.39. The molecule has 0 N–H and O–H groups in total. The third-order valence-electron chi connectivity index (χ3n) is 4.71. The molecule has 4 heteroatoms. The first kappa shape index (κ1) is 21.7. The summed E-state index contributed by atoms with van der Waals surface area (Å²) in [5, 5.41) is 0. The highest BCUT2D eigenvalue weighted by Crippen LogP contribution is 2.16. The first-order chi connectivity index (χ1) is 13.5. The molecule has 0 saturated heterocycles. The number of hydrogen-bond acceptors (Lipinski definition) is 2. The minimum atomic E-state index is -0.0500. The van der Waals surface area contributed by atoms with Crippen LogP contribution >= 0.6 is 0 Å². The molecule has 0 fully saturated rings. The molecule has 0 aliphatic carbocycles. The number of hydrogen-bond donors (Lipinski definition) is 0. The summed E-state index contributed by atoms with van der Waals surface area (Å²) < 4.78 is 0. The van der Waals surface area contributed by atoms with E-state index in [2.05, 4.69) is 13.8 Å². The molecular weight excluding hydrogens is 348 g/mol. The van der Waals surface area contributed by atoms with Crippen LogP contribution in [0.5, 0.6) is 0 Å². The zero-order valence-corrected chi connectivity index (χ0v) is 17.5. The standard InChI is InChI=1S/C24H32N2O2/c1-5-15-25(16-6-2)23(27)21-13-10-14-22(17-21)24(28)26(19(3)4)18-20-11-8-7-9-12-20/h7-14,17,19H,5-6,15-16,18H2,1-4H3. The molecule has 0 heterocycles. The summed E-state index contributed by atoms with van der Waals surface area (Å²) in [5.41, 5.74) is 2.23. The monoisotopic (exact) mass is 380 g/mol. The van der Waals surface area contributed by atoms with E-state index >= 15 is 0 Å². The van der Waals surface area contributed by atoms with E-state index in [4.69, 9.17) is 0 Å². The van der Waals surface area contributed by atoms with Gasteiger partial charge < -0.3 is 9.80 Å². The Balaban J connectivity index is 2.24. The van der Waals surface area contributed by atoms with Gasteiger partial charge in [-0.2, -0.15) is 0 Å². The Bertz CT molecular complexity index is 765. The molecule has 28 heavy (non-hydrogen) atoms. The normalized spacial score (nSPS) is 10.8. The highest BCUT2D eigenvalue weighted by Gasteiger charge is 2.21. The van der Waals surface area contributed by atoms with E-state index in [1.54, 1.807) is 24.3 Å². The van der Waals surface area contributed by atoms with Crippen LogP contribution in [0, 0.1) is 0 Å². The Morgan fingerprint density at radius 3 is 1.93 bits per heavy atom. The topological polar surface area (TPSA) is 40.6 Å². The predicted molar refractivity (Wildman–Crippen MR) is 114 cm³/mol. The number of carbonyl (C=O) groups is 2. The molecule has 4 nitrogen and oxygen atoms in total. The van der Waals surface area contributed by atoms with E-state index in [1.165, 1.54) is 0 Å². The van der Waals surface area contributed by atoms with Crippen LogP contribution in [0.3, 0.4) is 0 Å². The molecule has 0 saturated carbocycles. The van der Waals surface area contributed by atoms with Crippen molar-refractivity contribution >= 4 is 11.8 Å². The van der Waals surface area contributed by atoms with Gasteiger partial charge in [-0.3, -0.25) is 9.59 Å². The van der Waals surface area contributed by atoms with E-state index in [0.29, 0.717) is 17.7 Å². The second-order valence-corrected chi connectivity index (χ2v) is 7.39. The molecule has 150 valence electrons. The average Bonchev–Trinajstić information content (AvgIpc) is 2.71. The fourth-order valence-electron chi connectivity index (χ4n) is 3.26. The minimum Gasteiger partial charge on any atom is -0.339 e. The lowest BCUT2D eigenvalue weighted by Gasteiger charge is -2.27. The Hall–Kier alpha value is -2.62. The lowest BCUT2D eigenvalue weighted by molar-refractivity contribution is 0.0690. The van der Waals surface area contributed by atoms with Gasteiger partial charge in [-0.1, -0.05) is 50.2 Å². The summed E-state index contributed by atoms with van der Waals surface area (Å²) in [6, 6.07) is 17.2. The summed E-state index contributed by atoms with van der Waals surface area (Å²) in [6.07, 6.45) is 1.84. The largest absolute Gasteiger partial charge is 0.339 e. The third kappa shape index (κ3) is 5.69. The summed E-state index contributed by atoms with van der Waals surface area (Å²) in [6.45, 7) is 10.2. The number of benzene rings is 2. The maximum Gasteiger partial charge on any atom is 0.254 e. The van der Waals surface area contributed by atoms with Crippen LogP contribution < -0.4 is 0 Å². The van der Waals surface area contributed by atoms with Gasteiger partial charge in [0.2, 0.25) is 0 Å². The quantitative estimate of drug-likeness (QED) is 0.614.